The van der Waals surface area contributed by atoms with Crippen molar-refractivity contribution in [2.45, 2.75) is 32.8 Å². The smallest absolute Gasteiger partial charge is 0.282 e. The lowest BCUT2D eigenvalue weighted by molar-refractivity contribution is -0.384. The van der Waals surface area contributed by atoms with Crippen molar-refractivity contribution < 1.29 is 9.66 Å². The number of fused-ring (bicyclic) bond motifs is 1. The molecule has 0 aliphatic heterocycles. The Bertz CT molecular complexity index is 1600. The Hall–Kier alpha value is -3.08. The normalized spacial score (nSPS) is 11.8. The van der Waals surface area contributed by atoms with Crippen LogP contribution >= 0.6 is 43.5 Å². The number of hydrogen-bond acceptors (Lipinski definition) is 6. The lowest BCUT2D eigenvalue weighted by Gasteiger charge is -2.21. The molecule has 0 spiro atoms. The molecule has 190 valence electrons. The predicted molar refractivity (Wildman–Crippen MR) is 152 cm³/mol. The van der Waals surface area contributed by atoms with Gasteiger partial charge in [0.1, 0.15) is 18.2 Å². The van der Waals surface area contributed by atoms with E-state index in [2.05, 4.69) is 37.0 Å². The number of nitro benzene ring substituents is 1. The Labute approximate surface area is 234 Å². The minimum absolute atomic E-state index is 0.000338. The molecule has 0 unspecified atom stereocenters. The van der Waals surface area contributed by atoms with Gasteiger partial charge < -0.3 is 4.74 Å². The topological polar surface area (TPSA) is 99.6 Å². The summed E-state index contributed by atoms with van der Waals surface area (Å²) in [5.74, 6) is 0.950. The molecule has 0 amide bonds. The van der Waals surface area contributed by atoms with Crippen LogP contribution in [0.3, 0.4) is 0 Å². The molecule has 11 heteroatoms. The van der Waals surface area contributed by atoms with E-state index < -0.39 is 10.3 Å². The average molecular weight is 649 g/mol. The third kappa shape index (κ3) is 6.08. The summed E-state index contributed by atoms with van der Waals surface area (Å²) < 4.78 is 8.68. The molecular formula is C26H21Br2ClN4O4. The number of nitro groups is 1. The van der Waals surface area contributed by atoms with Crippen molar-refractivity contribution in [3.8, 4) is 5.75 Å². The van der Waals surface area contributed by atoms with E-state index in [9.17, 15) is 14.9 Å². The largest absolute Gasteiger partial charge is 0.487 e. The highest BCUT2D eigenvalue weighted by Gasteiger charge is 2.23. The van der Waals surface area contributed by atoms with E-state index in [-0.39, 0.29) is 17.9 Å². The molecule has 3 aromatic carbocycles. The van der Waals surface area contributed by atoms with E-state index in [1.54, 1.807) is 36.4 Å². The van der Waals surface area contributed by atoms with E-state index in [1.165, 1.54) is 23.0 Å². The maximum atomic E-state index is 13.4. The van der Waals surface area contributed by atoms with Gasteiger partial charge in [0.25, 0.3) is 11.2 Å². The molecule has 37 heavy (non-hydrogen) atoms. The number of nitrogens with zero attached hydrogens (tertiary/aromatic N) is 4. The fraction of sp³-hybridized carbons (Fsp3) is 0.192. The van der Waals surface area contributed by atoms with Gasteiger partial charge in [-0.25, -0.2) is 4.98 Å². The third-order valence-electron chi connectivity index (χ3n) is 5.36. The summed E-state index contributed by atoms with van der Waals surface area (Å²) in [7, 11) is 0. The molecule has 0 bridgehead atoms. The van der Waals surface area contributed by atoms with Crippen molar-refractivity contribution in [1.82, 2.24) is 9.66 Å². The van der Waals surface area contributed by atoms with Crippen LogP contribution in [-0.2, 0) is 12.0 Å². The maximum absolute atomic E-state index is 13.4. The number of hydrogen-bond donors (Lipinski definition) is 0. The van der Waals surface area contributed by atoms with Crippen LogP contribution in [0.5, 0.6) is 5.75 Å². The highest BCUT2D eigenvalue weighted by atomic mass is 79.9. The molecule has 1 heterocycles. The first-order valence-corrected chi connectivity index (χ1v) is 13.0. The van der Waals surface area contributed by atoms with Crippen molar-refractivity contribution >= 4 is 66.3 Å². The average Bonchev–Trinajstić information content (AvgIpc) is 2.82. The first kappa shape index (κ1) is 27.0. The number of halogens is 3. The molecule has 4 rings (SSSR count). The Morgan fingerprint density at radius 2 is 1.84 bits per heavy atom. The van der Waals surface area contributed by atoms with Crippen LogP contribution < -0.4 is 10.3 Å². The summed E-state index contributed by atoms with van der Waals surface area (Å²) in [4.78, 5) is 28.6. The van der Waals surface area contributed by atoms with Gasteiger partial charge in [-0.2, -0.15) is 9.78 Å². The van der Waals surface area contributed by atoms with Gasteiger partial charge in [0.2, 0.25) is 0 Å². The van der Waals surface area contributed by atoms with E-state index >= 15 is 0 Å². The first-order chi connectivity index (χ1) is 17.4. The minimum Gasteiger partial charge on any atom is -0.487 e. The van der Waals surface area contributed by atoms with Crippen molar-refractivity contribution in [3.05, 3.63) is 106 Å². The van der Waals surface area contributed by atoms with Crippen LogP contribution in [0.1, 0.15) is 37.7 Å². The van der Waals surface area contributed by atoms with Gasteiger partial charge in [-0.05, 0) is 64.0 Å². The fourth-order valence-corrected chi connectivity index (χ4v) is 4.87. The highest BCUT2D eigenvalue weighted by molar-refractivity contribution is 9.10. The van der Waals surface area contributed by atoms with Gasteiger partial charge in [-0.1, -0.05) is 48.3 Å². The molecule has 0 saturated heterocycles. The molecule has 0 aliphatic rings. The zero-order chi connectivity index (χ0) is 26.9. The summed E-state index contributed by atoms with van der Waals surface area (Å²) in [6.07, 6.45) is 1.50. The fourth-order valence-electron chi connectivity index (χ4n) is 3.56. The van der Waals surface area contributed by atoms with Gasteiger partial charge in [-0.3, -0.25) is 14.9 Å². The van der Waals surface area contributed by atoms with E-state index in [0.717, 1.165) is 10.0 Å². The lowest BCUT2D eigenvalue weighted by atomic mass is 9.95. The highest BCUT2D eigenvalue weighted by Crippen LogP contribution is 2.33. The Morgan fingerprint density at radius 1 is 1.14 bits per heavy atom. The third-order valence-corrected chi connectivity index (χ3v) is 6.66. The van der Waals surface area contributed by atoms with Crippen LogP contribution in [0.25, 0.3) is 10.9 Å². The number of benzene rings is 3. The van der Waals surface area contributed by atoms with Gasteiger partial charge >= 0.3 is 0 Å². The van der Waals surface area contributed by atoms with E-state index in [0.29, 0.717) is 37.5 Å². The second kappa shape index (κ2) is 10.7. The van der Waals surface area contributed by atoms with E-state index in [4.69, 9.17) is 21.3 Å². The summed E-state index contributed by atoms with van der Waals surface area (Å²) in [5.41, 5.74) is 1.08. The Morgan fingerprint density at radius 3 is 2.49 bits per heavy atom. The summed E-state index contributed by atoms with van der Waals surface area (Å²) in [5, 5.41) is 16.3. The number of non-ortho nitro benzene ring substituents is 1. The number of rotatable bonds is 6. The van der Waals surface area contributed by atoms with Crippen LogP contribution in [0, 0.1) is 10.1 Å². The van der Waals surface area contributed by atoms with Gasteiger partial charge in [0, 0.05) is 32.6 Å². The van der Waals surface area contributed by atoms with E-state index in [1.807, 2.05) is 26.8 Å². The van der Waals surface area contributed by atoms with Crippen molar-refractivity contribution in [1.29, 1.82) is 0 Å². The van der Waals surface area contributed by atoms with Crippen molar-refractivity contribution in [3.63, 3.8) is 0 Å². The standard InChI is InChI=1S/C26H21Br2ClN4O4/c1-26(2,3)25-31-22-9-6-17(27)11-20(22)24(34)32(25)30-13-16-10-18(29)12-21(28)23(16)37-14-15-4-7-19(8-5-15)33(35)36/h4-13H,14H2,1-3H3. The first-order valence-electron chi connectivity index (χ1n) is 11.1. The molecule has 4 aromatic rings. The zero-order valence-electron chi connectivity index (χ0n) is 20.0. The number of aromatic nitrogens is 2. The second-order valence-electron chi connectivity index (χ2n) is 9.23. The molecule has 0 N–H and O–H groups in total. The molecule has 8 nitrogen and oxygen atoms in total. The van der Waals surface area contributed by atoms with Crippen LogP contribution in [0.4, 0.5) is 5.69 Å². The molecular weight excluding hydrogens is 628 g/mol. The van der Waals surface area contributed by atoms with Crippen LogP contribution in [0.15, 0.2) is 73.4 Å². The molecule has 0 atom stereocenters. The van der Waals surface area contributed by atoms with Gasteiger partial charge in [-0.15, -0.1) is 0 Å². The second-order valence-corrected chi connectivity index (χ2v) is 11.4. The SMILES string of the molecule is CC(C)(C)c1nc2ccc(Br)cc2c(=O)n1N=Cc1cc(Cl)cc(Br)c1OCc1ccc([N+](=O)[O-])cc1. The quantitative estimate of drug-likeness (QED) is 0.125. The summed E-state index contributed by atoms with van der Waals surface area (Å²) in [6.45, 7) is 6.03. The number of ether oxygens (including phenoxy) is 1. The maximum Gasteiger partial charge on any atom is 0.282 e. The van der Waals surface area contributed by atoms with Crippen molar-refractivity contribution in [2.75, 3.05) is 0 Å². The zero-order valence-corrected chi connectivity index (χ0v) is 24.0. The lowest BCUT2D eigenvalue weighted by Crippen LogP contribution is -2.29. The molecule has 0 aliphatic carbocycles. The minimum atomic E-state index is -0.470. The van der Waals surface area contributed by atoms with Crippen LogP contribution in [0.2, 0.25) is 5.02 Å². The molecule has 1 aromatic heterocycles. The van der Waals surface area contributed by atoms with Gasteiger partial charge in [0.15, 0.2) is 0 Å². The summed E-state index contributed by atoms with van der Waals surface area (Å²) in [6, 6.07) is 14.8. The summed E-state index contributed by atoms with van der Waals surface area (Å²) >= 11 is 13.2. The monoisotopic (exact) mass is 646 g/mol. The molecule has 0 radical (unpaired) electrons. The Kier molecular flexibility index (Phi) is 7.82. The van der Waals surface area contributed by atoms with Gasteiger partial charge in [0.05, 0.1) is 26.5 Å². The molecule has 0 fully saturated rings. The predicted octanol–water partition coefficient (Wildman–Crippen LogP) is 7.24. The van der Waals surface area contributed by atoms with Crippen LogP contribution in [-0.4, -0.2) is 20.8 Å². The van der Waals surface area contributed by atoms with Crippen molar-refractivity contribution in [2.24, 2.45) is 5.10 Å². The molecule has 0 saturated carbocycles. The Balaban J connectivity index is 1.75.